The number of thioether (sulfide) groups is 1. The molecule has 3 amide bonds. The number of furan rings is 1. The first-order valence-electron chi connectivity index (χ1n) is 9.48. The molecule has 162 valence electrons. The molecule has 7 nitrogen and oxygen atoms in total. The Bertz CT molecular complexity index is 1220. The maximum absolute atomic E-state index is 12.7. The summed E-state index contributed by atoms with van der Waals surface area (Å²) < 4.78 is 11.8. The molecule has 0 bridgehead atoms. The quantitative estimate of drug-likeness (QED) is 0.445. The van der Waals surface area contributed by atoms with Crippen LogP contribution in [0.5, 0.6) is 5.75 Å². The SMILES string of the molecule is COc1ccc(NC(=O)CN2C(=O)S/C(=C/c3ccc(-c4cccc(Br)c4)o3)C2=O)cc1. The summed E-state index contributed by atoms with van der Waals surface area (Å²) in [5.74, 6) is 0.711. The molecule has 1 saturated heterocycles. The van der Waals surface area contributed by atoms with E-state index in [-0.39, 0.29) is 11.4 Å². The summed E-state index contributed by atoms with van der Waals surface area (Å²) in [5, 5.41) is 2.15. The minimum atomic E-state index is -0.537. The Balaban J connectivity index is 1.43. The molecular weight excluding hydrogens is 496 g/mol. The summed E-state index contributed by atoms with van der Waals surface area (Å²) in [6.07, 6.45) is 1.51. The van der Waals surface area contributed by atoms with Crippen LogP contribution in [0, 0.1) is 0 Å². The van der Waals surface area contributed by atoms with Gasteiger partial charge in [0.15, 0.2) is 0 Å². The Morgan fingerprint density at radius 1 is 1.16 bits per heavy atom. The van der Waals surface area contributed by atoms with E-state index in [2.05, 4.69) is 21.2 Å². The number of imide groups is 1. The zero-order chi connectivity index (χ0) is 22.7. The van der Waals surface area contributed by atoms with E-state index in [1.165, 1.54) is 6.08 Å². The Kier molecular flexibility index (Phi) is 6.48. The van der Waals surface area contributed by atoms with Crippen molar-refractivity contribution in [3.8, 4) is 17.1 Å². The predicted octanol–water partition coefficient (Wildman–Crippen LogP) is 5.39. The van der Waals surface area contributed by atoms with Crippen molar-refractivity contribution in [3.63, 3.8) is 0 Å². The first-order valence-corrected chi connectivity index (χ1v) is 11.1. The van der Waals surface area contributed by atoms with Crippen molar-refractivity contribution >= 4 is 56.5 Å². The fourth-order valence-corrected chi connectivity index (χ4v) is 4.23. The molecule has 0 spiro atoms. The molecule has 9 heteroatoms. The molecular formula is C23H17BrN2O5S. The summed E-state index contributed by atoms with van der Waals surface area (Å²) in [6, 6.07) is 17.9. The molecule has 1 fully saturated rings. The van der Waals surface area contributed by atoms with Gasteiger partial charge in [-0.15, -0.1) is 0 Å². The minimum absolute atomic E-state index is 0.197. The lowest BCUT2D eigenvalue weighted by molar-refractivity contribution is -0.127. The predicted molar refractivity (Wildman–Crippen MR) is 126 cm³/mol. The van der Waals surface area contributed by atoms with Crippen molar-refractivity contribution in [2.45, 2.75) is 0 Å². The molecule has 0 radical (unpaired) electrons. The average Bonchev–Trinajstić information content (AvgIpc) is 3.35. The van der Waals surface area contributed by atoms with Crippen molar-refractivity contribution in [1.29, 1.82) is 0 Å². The zero-order valence-electron chi connectivity index (χ0n) is 16.8. The second kappa shape index (κ2) is 9.46. The number of carbonyl (C=O) groups excluding carboxylic acids is 3. The highest BCUT2D eigenvalue weighted by atomic mass is 79.9. The van der Waals surface area contributed by atoms with Gasteiger partial charge in [0, 0.05) is 21.8 Å². The summed E-state index contributed by atoms with van der Waals surface area (Å²) >= 11 is 4.19. The Morgan fingerprint density at radius 3 is 2.66 bits per heavy atom. The molecule has 32 heavy (non-hydrogen) atoms. The van der Waals surface area contributed by atoms with Crippen molar-refractivity contribution < 1.29 is 23.5 Å². The molecule has 1 aliphatic heterocycles. The summed E-state index contributed by atoms with van der Waals surface area (Å²) in [5.41, 5.74) is 1.41. The number of anilines is 1. The van der Waals surface area contributed by atoms with Crippen molar-refractivity contribution in [2.75, 3.05) is 19.0 Å². The second-order valence-corrected chi connectivity index (χ2v) is 8.67. The van der Waals surface area contributed by atoms with Crippen LogP contribution in [0.2, 0.25) is 0 Å². The van der Waals surface area contributed by atoms with Crippen molar-refractivity contribution in [2.24, 2.45) is 0 Å². The lowest BCUT2D eigenvalue weighted by atomic mass is 10.2. The standard InChI is InChI=1S/C23H17BrN2O5S/c1-30-17-7-5-16(6-8-17)25-21(27)13-26-22(28)20(32-23(26)29)12-18-9-10-19(31-18)14-3-2-4-15(24)11-14/h2-12H,13H2,1H3,(H,25,27)/b20-12+. The number of benzene rings is 2. The third-order valence-corrected chi connectivity index (χ3v) is 5.96. The number of hydrogen-bond acceptors (Lipinski definition) is 6. The number of hydrogen-bond donors (Lipinski definition) is 1. The Morgan fingerprint density at radius 2 is 1.94 bits per heavy atom. The van der Waals surface area contributed by atoms with Crippen LogP contribution in [-0.2, 0) is 9.59 Å². The van der Waals surface area contributed by atoms with Crippen molar-refractivity contribution in [1.82, 2.24) is 4.90 Å². The van der Waals surface area contributed by atoms with E-state index in [0.717, 1.165) is 26.7 Å². The van der Waals surface area contributed by atoms with Crippen LogP contribution in [0.4, 0.5) is 10.5 Å². The Hall–Kier alpha value is -3.30. The fraction of sp³-hybridized carbons (Fsp3) is 0.0870. The largest absolute Gasteiger partial charge is 0.497 e. The molecule has 0 aliphatic carbocycles. The van der Waals surface area contributed by atoms with E-state index in [0.29, 0.717) is 23.0 Å². The van der Waals surface area contributed by atoms with Gasteiger partial charge in [0.2, 0.25) is 5.91 Å². The zero-order valence-corrected chi connectivity index (χ0v) is 19.2. The number of methoxy groups -OCH3 is 1. The lowest BCUT2D eigenvalue weighted by Crippen LogP contribution is -2.36. The van der Waals surface area contributed by atoms with Crippen LogP contribution in [0.1, 0.15) is 5.76 Å². The van der Waals surface area contributed by atoms with Crippen LogP contribution < -0.4 is 10.1 Å². The normalized spacial score (nSPS) is 14.8. The number of amides is 3. The topological polar surface area (TPSA) is 88.8 Å². The third kappa shape index (κ3) is 4.95. The molecule has 3 aromatic rings. The van der Waals surface area contributed by atoms with Gasteiger partial charge in [-0.1, -0.05) is 28.1 Å². The molecule has 0 unspecified atom stereocenters. The van der Waals surface area contributed by atoms with Crippen LogP contribution in [-0.4, -0.2) is 35.6 Å². The Labute approximate surface area is 196 Å². The monoisotopic (exact) mass is 512 g/mol. The number of nitrogens with zero attached hydrogens (tertiary/aromatic N) is 1. The minimum Gasteiger partial charge on any atom is -0.497 e. The molecule has 0 atom stereocenters. The first-order chi connectivity index (χ1) is 15.4. The highest BCUT2D eigenvalue weighted by Crippen LogP contribution is 2.33. The molecule has 4 rings (SSSR count). The van der Waals surface area contributed by atoms with Gasteiger partial charge in [0.25, 0.3) is 11.1 Å². The van der Waals surface area contributed by atoms with Crippen LogP contribution in [0.3, 0.4) is 0 Å². The maximum Gasteiger partial charge on any atom is 0.294 e. The van der Waals surface area contributed by atoms with E-state index in [9.17, 15) is 14.4 Å². The van der Waals surface area contributed by atoms with E-state index in [1.807, 2.05) is 24.3 Å². The summed E-state index contributed by atoms with van der Waals surface area (Å²) in [7, 11) is 1.55. The number of ether oxygens (including phenoxy) is 1. The highest BCUT2D eigenvalue weighted by Gasteiger charge is 2.36. The van der Waals surface area contributed by atoms with Gasteiger partial charge in [-0.05, 0) is 60.3 Å². The van der Waals surface area contributed by atoms with Gasteiger partial charge in [-0.2, -0.15) is 0 Å². The average molecular weight is 513 g/mol. The van der Waals surface area contributed by atoms with Crippen LogP contribution in [0.15, 0.2) is 74.5 Å². The van der Waals surface area contributed by atoms with Crippen LogP contribution in [0.25, 0.3) is 17.4 Å². The van der Waals surface area contributed by atoms with Gasteiger partial charge >= 0.3 is 0 Å². The molecule has 2 heterocycles. The fourth-order valence-electron chi connectivity index (χ4n) is 3.01. The second-order valence-electron chi connectivity index (χ2n) is 6.76. The van der Waals surface area contributed by atoms with Crippen molar-refractivity contribution in [3.05, 3.63) is 75.8 Å². The van der Waals surface area contributed by atoms with E-state index < -0.39 is 17.1 Å². The van der Waals surface area contributed by atoms with Crippen LogP contribution >= 0.6 is 27.7 Å². The van der Waals surface area contributed by atoms with E-state index >= 15 is 0 Å². The molecule has 1 aliphatic rings. The highest BCUT2D eigenvalue weighted by molar-refractivity contribution is 9.10. The van der Waals surface area contributed by atoms with Gasteiger partial charge in [0.05, 0.1) is 12.0 Å². The lowest BCUT2D eigenvalue weighted by Gasteiger charge is -2.12. The third-order valence-electron chi connectivity index (χ3n) is 4.56. The molecule has 1 aromatic heterocycles. The molecule has 0 saturated carbocycles. The van der Waals surface area contributed by atoms with Gasteiger partial charge in [-0.25, -0.2) is 0 Å². The summed E-state index contributed by atoms with van der Waals surface area (Å²) in [6.45, 7) is -0.379. The first kappa shape index (κ1) is 21.9. The van der Waals surface area contributed by atoms with Gasteiger partial charge < -0.3 is 14.5 Å². The van der Waals surface area contributed by atoms with Gasteiger partial charge in [-0.3, -0.25) is 19.3 Å². The number of rotatable bonds is 6. The molecule has 2 aromatic carbocycles. The maximum atomic E-state index is 12.7. The van der Waals surface area contributed by atoms with E-state index in [4.69, 9.17) is 9.15 Å². The van der Waals surface area contributed by atoms with Gasteiger partial charge in [0.1, 0.15) is 23.8 Å². The number of nitrogens with one attached hydrogen (secondary N) is 1. The number of carbonyl (C=O) groups is 3. The molecule has 1 N–H and O–H groups in total. The number of halogens is 1. The smallest absolute Gasteiger partial charge is 0.294 e. The summed E-state index contributed by atoms with van der Waals surface area (Å²) in [4.78, 5) is 38.4. The van der Waals surface area contributed by atoms with E-state index in [1.54, 1.807) is 43.5 Å².